The van der Waals surface area contributed by atoms with E-state index in [9.17, 15) is 0 Å². The van der Waals surface area contributed by atoms with Crippen LogP contribution in [0.5, 0.6) is 0 Å². The first kappa shape index (κ1) is 11.2. The zero-order valence-corrected chi connectivity index (χ0v) is 10.5. The van der Waals surface area contributed by atoms with Gasteiger partial charge in [-0.15, -0.1) is 0 Å². The van der Waals surface area contributed by atoms with Crippen molar-refractivity contribution in [1.82, 2.24) is 19.7 Å². The average Bonchev–Trinajstić information content (AvgIpc) is 2.87. The lowest BCUT2D eigenvalue weighted by Gasteiger charge is -2.32. The minimum atomic E-state index is 0.631. The van der Waals surface area contributed by atoms with Crippen molar-refractivity contribution in [1.29, 1.82) is 0 Å². The molecule has 5 nitrogen and oxygen atoms in total. The maximum absolute atomic E-state index is 4.35. The summed E-state index contributed by atoms with van der Waals surface area (Å²) in [4.78, 5) is 10.8. The normalized spacial score (nSPS) is 17.1. The van der Waals surface area contributed by atoms with Gasteiger partial charge in [-0.25, -0.2) is 4.98 Å². The molecule has 0 bridgehead atoms. The molecule has 0 spiro atoms. The van der Waals surface area contributed by atoms with Crippen LogP contribution >= 0.6 is 0 Å². The second-order valence-electron chi connectivity index (χ2n) is 4.77. The molecular weight excluding hydrogens is 226 g/mol. The Kier molecular flexibility index (Phi) is 2.96. The summed E-state index contributed by atoms with van der Waals surface area (Å²) in [5.74, 6) is 1.62. The Morgan fingerprint density at radius 3 is 2.61 bits per heavy atom. The third-order valence-corrected chi connectivity index (χ3v) is 3.56. The van der Waals surface area contributed by atoms with Gasteiger partial charge in [0, 0.05) is 38.7 Å². The number of nitrogens with zero attached hydrogens (tertiary/aromatic N) is 5. The third-order valence-electron chi connectivity index (χ3n) is 3.56. The Balaban J connectivity index is 1.65. The van der Waals surface area contributed by atoms with Gasteiger partial charge in [0.15, 0.2) is 0 Å². The summed E-state index contributed by atoms with van der Waals surface area (Å²) in [6.07, 6.45) is 11.7. The molecule has 0 atom stereocenters. The number of aromatic nitrogens is 4. The van der Waals surface area contributed by atoms with Crippen LogP contribution in [0, 0.1) is 0 Å². The maximum Gasteiger partial charge on any atom is 0.147 e. The molecule has 3 heterocycles. The lowest BCUT2D eigenvalue weighted by Crippen LogP contribution is -2.33. The van der Waals surface area contributed by atoms with Crippen molar-refractivity contribution in [3.63, 3.8) is 0 Å². The van der Waals surface area contributed by atoms with E-state index < -0.39 is 0 Å². The van der Waals surface area contributed by atoms with Crippen molar-refractivity contribution in [3.05, 3.63) is 36.5 Å². The standard InChI is InChI=1S/C13H17N5/c1-17-10-12(8-16-17)11-2-6-18(7-3-11)13-9-14-4-5-15-13/h4-5,8-11H,2-3,6-7H2,1H3. The van der Waals surface area contributed by atoms with Crippen LogP contribution in [0.1, 0.15) is 24.3 Å². The van der Waals surface area contributed by atoms with E-state index in [2.05, 4.69) is 26.2 Å². The lowest BCUT2D eigenvalue weighted by atomic mass is 9.92. The number of hydrogen-bond donors (Lipinski definition) is 0. The van der Waals surface area contributed by atoms with E-state index in [0.717, 1.165) is 31.7 Å². The van der Waals surface area contributed by atoms with Crippen LogP contribution in [0.4, 0.5) is 5.82 Å². The molecule has 1 saturated heterocycles. The molecule has 0 N–H and O–H groups in total. The number of aryl methyl sites for hydroxylation is 1. The molecule has 0 unspecified atom stereocenters. The number of piperidine rings is 1. The first-order valence-electron chi connectivity index (χ1n) is 6.32. The molecule has 94 valence electrons. The zero-order chi connectivity index (χ0) is 12.4. The minimum Gasteiger partial charge on any atom is -0.355 e. The lowest BCUT2D eigenvalue weighted by molar-refractivity contribution is 0.502. The fraction of sp³-hybridized carbons (Fsp3) is 0.462. The van der Waals surface area contributed by atoms with E-state index in [1.54, 1.807) is 12.4 Å². The second-order valence-corrected chi connectivity index (χ2v) is 4.77. The quantitative estimate of drug-likeness (QED) is 0.803. The van der Waals surface area contributed by atoms with E-state index in [0.29, 0.717) is 5.92 Å². The van der Waals surface area contributed by atoms with Crippen LogP contribution in [0.3, 0.4) is 0 Å². The van der Waals surface area contributed by atoms with Crippen LogP contribution in [-0.2, 0) is 7.05 Å². The Bertz CT molecular complexity index is 499. The molecule has 0 radical (unpaired) electrons. The summed E-state index contributed by atoms with van der Waals surface area (Å²) in [6, 6.07) is 0. The van der Waals surface area contributed by atoms with Gasteiger partial charge in [-0.2, -0.15) is 5.10 Å². The van der Waals surface area contributed by atoms with E-state index in [4.69, 9.17) is 0 Å². The summed E-state index contributed by atoms with van der Waals surface area (Å²) < 4.78 is 1.88. The first-order chi connectivity index (χ1) is 8.83. The molecule has 0 aliphatic carbocycles. The molecule has 0 amide bonds. The van der Waals surface area contributed by atoms with Gasteiger partial charge in [-0.1, -0.05) is 0 Å². The molecule has 5 heteroatoms. The first-order valence-corrected chi connectivity index (χ1v) is 6.32. The Morgan fingerprint density at radius 2 is 2.00 bits per heavy atom. The van der Waals surface area contributed by atoms with Crippen molar-refractivity contribution >= 4 is 5.82 Å². The summed E-state index contributed by atoms with van der Waals surface area (Å²) in [7, 11) is 1.97. The highest BCUT2D eigenvalue weighted by Crippen LogP contribution is 2.28. The Hall–Kier alpha value is -1.91. The van der Waals surface area contributed by atoms with Crippen molar-refractivity contribution in [2.75, 3.05) is 18.0 Å². The summed E-state index contributed by atoms with van der Waals surface area (Å²) in [5.41, 5.74) is 1.36. The highest BCUT2D eigenvalue weighted by Gasteiger charge is 2.22. The number of hydrogen-bond acceptors (Lipinski definition) is 4. The number of anilines is 1. The van der Waals surface area contributed by atoms with E-state index in [1.165, 1.54) is 5.56 Å². The van der Waals surface area contributed by atoms with Gasteiger partial charge in [0.1, 0.15) is 5.82 Å². The van der Waals surface area contributed by atoms with E-state index in [-0.39, 0.29) is 0 Å². The number of rotatable bonds is 2. The summed E-state index contributed by atoms with van der Waals surface area (Å²) >= 11 is 0. The molecule has 1 aliphatic heterocycles. The van der Waals surface area contributed by atoms with Gasteiger partial charge in [0.05, 0.1) is 12.4 Å². The molecule has 2 aromatic heterocycles. The Morgan fingerprint density at radius 1 is 1.17 bits per heavy atom. The SMILES string of the molecule is Cn1cc(C2CCN(c3cnccn3)CC2)cn1. The van der Waals surface area contributed by atoms with Gasteiger partial charge in [0.25, 0.3) is 0 Å². The predicted octanol–water partition coefficient (Wildman–Crippen LogP) is 1.59. The Labute approximate surface area is 106 Å². The minimum absolute atomic E-state index is 0.631. The predicted molar refractivity (Wildman–Crippen MR) is 69.4 cm³/mol. The molecule has 2 aromatic rings. The van der Waals surface area contributed by atoms with Crippen LogP contribution < -0.4 is 4.90 Å². The summed E-state index contributed by atoms with van der Waals surface area (Å²) in [6.45, 7) is 2.08. The second kappa shape index (κ2) is 4.76. The van der Waals surface area contributed by atoms with Crippen LogP contribution in [0.25, 0.3) is 0 Å². The highest BCUT2D eigenvalue weighted by molar-refractivity contribution is 5.36. The van der Waals surface area contributed by atoms with Gasteiger partial charge in [0.2, 0.25) is 0 Å². The van der Waals surface area contributed by atoms with Gasteiger partial charge in [-0.3, -0.25) is 9.67 Å². The van der Waals surface area contributed by atoms with Gasteiger partial charge >= 0.3 is 0 Å². The molecule has 18 heavy (non-hydrogen) atoms. The monoisotopic (exact) mass is 243 g/mol. The highest BCUT2D eigenvalue weighted by atomic mass is 15.2. The van der Waals surface area contributed by atoms with Crippen molar-refractivity contribution in [2.24, 2.45) is 7.05 Å². The van der Waals surface area contributed by atoms with Gasteiger partial charge in [-0.05, 0) is 24.3 Å². The smallest absolute Gasteiger partial charge is 0.147 e. The zero-order valence-electron chi connectivity index (χ0n) is 10.5. The fourth-order valence-corrected chi connectivity index (χ4v) is 2.55. The van der Waals surface area contributed by atoms with Crippen LogP contribution in [0.15, 0.2) is 31.0 Å². The molecule has 1 aliphatic rings. The third kappa shape index (κ3) is 2.20. The maximum atomic E-state index is 4.35. The van der Waals surface area contributed by atoms with Crippen molar-refractivity contribution in [3.8, 4) is 0 Å². The van der Waals surface area contributed by atoms with E-state index >= 15 is 0 Å². The summed E-state index contributed by atoms with van der Waals surface area (Å²) in [5, 5.41) is 4.25. The largest absolute Gasteiger partial charge is 0.355 e. The fourth-order valence-electron chi connectivity index (χ4n) is 2.55. The topological polar surface area (TPSA) is 46.8 Å². The van der Waals surface area contributed by atoms with Crippen LogP contribution in [0.2, 0.25) is 0 Å². The average molecular weight is 243 g/mol. The van der Waals surface area contributed by atoms with Crippen LogP contribution in [-0.4, -0.2) is 32.8 Å². The molecular formula is C13H17N5. The molecule has 0 aromatic carbocycles. The van der Waals surface area contributed by atoms with E-state index in [1.807, 2.05) is 24.1 Å². The van der Waals surface area contributed by atoms with Gasteiger partial charge < -0.3 is 4.90 Å². The molecule has 1 fully saturated rings. The molecule has 0 saturated carbocycles. The molecule has 3 rings (SSSR count). The van der Waals surface area contributed by atoms with Crippen molar-refractivity contribution in [2.45, 2.75) is 18.8 Å². The van der Waals surface area contributed by atoms with Crippen molar-refractivity contribution < 1.29 is 0 Å².